The van der Waals surface area contributed by atoms with E-state index in [1.807, 2.05) is 0 Å². The Bertz CT molecular complexity index is 625. The van der Waals surface area contributed by atoms with E-state index in [4.69, 9.17) is 9.84 Å². The number of carbonyl (C=O) groups excluding carboxylic acids is 1. The van der Waals surface area contributed by atoms with Crippen molar-refractivity contribution < 1.29 is 19.7 Å². The maximum absolute atomic E-state index is 12.1. The van der Waals surface area contributed by atoms with E-state index in [1.165, 1.54) is 19.2 Å². The first-order valence-corrected chi connectivity index (χ1v) is 6.02. The quantitative estimate of drug-likeness (QED) is 0.797. The van der Waals surface area contributed by atoms with Gasteiger partial charge in [0.15, 0.2) is 0 Å². The number of hydrogen-bond acceptors (Lipinski definition) is 4. The lowest BCUT2D eigenvalue weighted by Gasteiger charge is -2.09. The lowest BCUT2D eigenvalue weighted by atomic mass is 10.1. The van der Waals surface area contributed by atoms with Crippen LogP contribution in [0.3, 0.4) is 0 Å². The molecule has 0 saturated carbocycles. The van der Waals surface area contributed by atoms with Crippen LogP contribution in [0.5, 0.6) is 11.5 Å². The molecule has 0 bridgehead atoms. The zero-order valence-electron chi connectivity index (χ0n) is 11.0. The summed E-state index contributed by atoms with van der Waals surface area (Å²) in [6.45, 7) is -0.103. The van der Waals surface area contributed by atoms with Gasteiger partial charge in [0.05, 0.1) is 19.3 Å². The van der Waals surface area contributed by atoms with Gasteiger partial charge < -0.3 is 20.3 Å². The standard InChI is InChI=1S/C15H15NO4/c1-20-12-5-6-14(18)13(8-12)15(19)16-11-4-2-3-10(7-11)9-17/h2-8,17-18H,9H2,1H3,(H,16,19). The number of methoxy groups -OCH3 is 1. The molecule has 0 spiro atoms. The second-order valence-electron chi connectivity index (χ2n) is 4.20. The van der Waals surface area contributed by atoms with Gasteiger partial charge in [-0.3, -0.25) is 4.79 Å². The van der Waals surface area contributed by atoms with Crippen LogP contribution in [0.15, 0.2) is 42.5 Å². The Kier molecular flexibility index (Phi) is 4.22. The van der Waals surface area contributed by atoms with E-state index in [1.54, 1.807) is 30.3 Å². The average Bonchev–Trinajstić information content (AvgIpc) is 2.47. The Hall–Kier alpha value is -2.53. The Morgan fingerprint density at radius 2 is 2.05 bits per heavy atom. The minimum atomic E-state index is -0.448. The number of aromatic hydroxyl groups is 1. The van der Waals surface area contributed by atoms with Crippen molar-refractivity contribution in [1.82, 2.24) is 0 Å². The monoisotopic (exact) mass is 273 g/mol. The van der Waals surface area contributed by atoms with Gasteiger partial charge in [0.25, 0.3) is 5.91 Å². The van der Waals surface area contributed by atoms with Crippen molar-refractivity contribution in [3.8, 4) is 11.5 Å². The summed E-state index contributed by atoms with van der Waals surface area (Å²) < 4.78 is 5.02. The molecule has 0 heterocycles. The molecule has 2 aromatic carbocycles. The number of aliphatic hydroxyl groups is 1. The summed E-state index contributed by atoms with van der Waals surface area (Å²) in [6, 6.07) is 11.3. The van der Waals surface area contributed by atoms with Crippen LogP contribution in [0.2, 0.25) is 0 Å². The van der Waals surface area contributed by atoms with Crippen LogP contribution in [0.1, 0.15) is 15.9 Å². The molecule has 0 aliphatic rings. The fourth-order valence-electron chi connectivity index (χ4n) is 1.77. The zero-order chi connectivity index (χ0) is 14.5. The first-order valence-electron chi connectivity index (χ1n) is 6.02. The Balaban J connectivity index is 2.23. The molecule has 5 nitrogen and oxygen atoms in total. The molecule has 1 amide bonds. The second-order valence-corrected chi connectivity index (χ2v) is 4.20. The van der Waals surface area contributed by atoms with Gasteiger partial charge in [-0.1, -0.05) is 12.1 Å². The van der Waals surface area contributed by atoms with E-state index in [-0.39, 0.29) is 17.9 Å². The number of benzene rings is 2. The lowest BCUT2D eigenvalue weighted by molar-refractivity contribution is 0.102. The lowest BCUT2D eigenvalue weighted by Crippen LogP contribution is -2.12. The van der Waals surface area contributed by atoms with Gasteiger partial charge in [-0.05, 0) is 35.9 Å². The van der Waals surface area contributed by atoms with E-state index < -0.39 is 5.91 Å². The maximum atomic E-state index is 12.1. The smallest absolute Gasteiger partial charge is 0.259 e. The zero-order valence-corrected chi connectivity index (χ0v) is 11.0. The normalized spacial score (nSPS) is 10.1. The number of anilines is 1. The van der Waals surface area contributed by atoms with Crippen LogP contribution in [0.4, 0.5) is 5.69 Å². The molecule has 2 aromatic rings. The van der Waals surface area contributed by atoms with Crippen LogP contribution in [0.25, 0.3) is 0 Å². The predicted octanol–water partition coefficient (Wildman–Crippen LogP) is 2.15. The highest BCUT2D eigenvalue weighted by Gasteiger charge is 2.12. The summed E-state index contributed by atoms with van der Waals surface area (Å²) in [4.78, 5) is 12.1. The molecule has 0 radical (unpaired) electrons. The van der Waals surface area contributed by atoms with Crippen molar-refractivity contribution in [3.05, 3.63) is 53.6 Å². The highest BCUT2D eigenvalue weighted by molar-refractivity contribution is 6.06. The van der Waals surface area contributed by atoms with Crippen LogP contribution in [0, 0.1) is 0 Å². The summed E-state index contributed by atoms with van der Waals surface area (Å²) in [7, 11) is 1.48. The first kappa shape index (κ1) is 13.9. The van der Waals surface area contributed by atoms with Crippen molar-refractivity contribution in [2.75, 3.05) is 12.4 Å². The largest absolute Gasteiger partial charge is 0.507 e. The Morgan fingerprint density at radius 3 is 2.75 bits per heavy atom. The summed E-state index contributed by atoms with van der Waals surface area (Å²) in [5.41, 5.74) is 1.36. The molecule has 104 valence electrons. The van der Waals surface area contributed by atoms with E-state index >= 15 is 0 Å². The number of ether oxygens (including phenoxy) is 1. The number of carbonyl (C=O) groups is 1. The van der Waals surface area contributed by atoms with Crippen molar-refractivity contribution in [1.29, 1.82) is 0 Å². The number of phenolic OH excluding ortho intramolecular Hbond substituents is 1. The molecule has 0 saturated heterocycles. The molecular formula is C15H15NO4. The molecule has 0 aliphatic carbocycles. The van der Waals surface area contributed by atoms with Crippen molar-refractivity contribution >= 4 is 11.6 Å². The second kappa shape index (κ2) is 6.08. The third kappa shape index (κ3) is 3.07. The summed E-state index contributed by atoms with van der Waals surface area (Å²) in [5, 5.41) is 21.4. The van der Waals surface area contributed by atoms with Crippen LogP contribution >= 0.6 is 0 Å². The van der Waals surface area contributed by atoms with Crippen LogP contribution in [-0.2, 0) is 6.61 Å². The number of aliphatic hydroxyl groups excluding tert-OH is 1. The number of hydrogen-bond donors (Lipinski definition) is 3. The van der Waals surface area contributed by atoms with Crippen LogP contribution in [-0.4, -0.2) is 23.2 Å². The first-order chi connectivity index (χ1) is 9.63. The highest BCUT2D eigenvalue weighted by Crippen LogP contribution is 2.24. The topological polar surface area (TPSA) is 78.8 Å². The Morgan fingerprint density at radius 1 is 1.25 bits per heavy atom. The molecule has 0 unspecified atom stereocenters. The van der Waals surface area contributed by atoms with Gasteiger partial charge >= 0.3 is 0 Å². The van der Waals surface area contributed by atoms with Gasteiger partial charge in [-0.15, -0.1) is 0 Å². The molecule has 0 atom stereocenters. The fourth-order valence-corrected chi connectivity index (χ4v) is 1.77. The molecule has 3 N–H and O–H groups in total. The number of rotatable bonds is 4. The van der Waals surface area contributed by atoms with Crippen LogP contribution < -0.4 is 10.1 Å². The highest BCUT2D eigenvalue weighted by atomic mass is 16.5. The molecular weight excluding hydrogens is 258 g/mol. The van der Waals surface area contributed by atoms with Crippen molar-refractivity contribution in [2.24, 2.45) is 0 Å². The number of amides is 1. The summed E-state index contributed by atoms with van der Waals surface area (Å²) in [6.07, 6.45) is 0. The van der Waals surface area contributed by atoms with Crippen molar-refractivity contribution in [2.45, 2.75) is 6.61 Å². The SMILES string of the molecule is COc1ccc(O)c(C(=O)Nc2cccc(CO)c2)c1. The molecule has 0 aliphatic heterocycles. The molecule has 0 fully saturated rings. The van der Waals surface area contributed by atoms with E-state index in [0.717, 1.165) is 0 Å². The van der Waals surface area contributed by atoms with E-state index in [2.05, 4.69) is 5.32 Å². The minimum absolute atomic E-state index is 0.103. The van der Waals surface area contributed by atoms with Gasteiger partial charge in [-0.2, -0.15) is 0 Å². The van der Waals surface area contributed by atoms with E-state index in [9.17, 15) is 9.90 Å². The van der Waals surface area contributed by atoms with Gasteiger partial charge in [0, 0.05) is 5.69 Å². The fraction of sp³-hybridized carbons (Fsp3) is 0.133. The van der Waals surface area contributed by atoms with Gasteiger partial charge in [0.1, 0.15) is 11.5 Å². The third-order valence-electron chi connectivity index (χ3n) is 2.82. The van der Waals surface area contributed by atoms with Gasteiger partial charge in [0.2, 0.25) is 0 Å². The number of phenols is 1. The van der Waals surface area contributed by atoms with Crippen molar-refractivity contribution in [3.63, 3.8) is 0 Å². The molecule has 5 heteroatoms. The molecule has 20 heavy (non-hydrogen) atoms. The number of nitrogens with one attached hydrogen (secondary N) is 1. The average molecular weight is 273 g/mol. The van der Waals surface area contributed by atoms with E-state index in [0.29, 0.717) is 17.0 Å². The minimum Gasteiger partial charge on any atom is -0.507 e. The Labute approximate surface area is 116 Å². The third-order valence-corrected chi connectivity index (χ3v) is 2.82. The summed E-state index contributed by atoms with van der Waals surface area (Å²) in [5.74, 6) is -0.0878. The predicted molar refractivity (Wildman–Crippen MR) is 75.0 cm³/mol. The maximum Gasteiger partial charge on any atom is 0.259 e. The summed E-state index contributed by atoms with van der Waals surface area (Å²) >= 11 is 0. The van der Waals surface area contributed by atoms with Gasteiger partial charge in [-0.25, -0.2) is 0 Å². The molecule has 2 rings (SSSR count). The molecule has 0 aromatic heterocycles.